The van der Waals surface area contributed by atoms with Crippen molar-refractivity contribution in [1.29, 1.82) is 0 Å². The molecule has 4 atom stereocenters. The minimum Gasteiger partial charge on any atom is -0.391 e. The minimum atomic E-state index is -3.40. The summed E-state index contributed by atoms with van der Waals surface area (Å²) in [7, 11) is -3.40. The number of aliphatic hydroxyl groups excluding tert-OH is 1. The van der Waals surface area contributed by atoms with Gasteiger partial charge in [-0.25, -0.2) is 0 Å². The number of aliphatic hydroxyl groups is 1. The van der Waals surface area contributed by atoms with Crippen molar-refractivity contribution in [3.63, 3.8) is 0 Å². The van der Waals surface area contributed by atoms with E-state index in [4.69, 9.17) is 0 Å². The van der Waals surface area contributed by atoms with Gasteiger partial charge >= 0.3 is 0 Å². The molecule has 0 bridgehead atoms. The largest absolute Gasteiger partial charge is 0.391 e. The molecule has 4 unspecified atom stereocenters. The maximum absolute atomic E-state index is 12.6. The van der Waals surface area contributed by atoms with E-state index < -0.39 is 16.3 Å². The first-order chi connectivity index (χ1) is 8.80. The highest BCUT2D eigenvalue weighted by Crippen LogP contribution is 2.27. The lowest BCUT2D eigenvalue weighted by atomic mass is 9.94. The molecule has 0 spiro atoms. The molecule has 19 heavy (non-hydrogen) atoms. The third kappa shape index (κ3) is 3.29. The maximum Gasteiger partial charge on any atom is 0.282 e. The molecule has 0 aromatic rings. The maximum atomic E-state index is 12.6. The Morgan fingerprint density at radius 3 is 2.11 bits per heavy atom. The summed E-state index contributed by atoms with van der Waals surface area (Å²) < 4.78 is 28.3. The van der Waals surface area contributed by atoms with Crippen LogP contribution in [0.2, 0.25) is 0 Å². The molecule has 0 aromatic heterocycles. The summed E-state index contributed by atoms with van der Waals surface area (Å²) >= 11 is 0. The molecule has 2 heterocycles. The van der Waals surface area contributed by atoms with Crippen molar-refractivity contribution in [3.8, 4) is 0 Å². The molecule has 5 nitrogen and oxygen atoms in total. The van der Waals surface area contributed by atoms with Crippen LogP contribution in [0.25, 0.3) is 0 Å². The van der Waals surface area contributed by atoms with Crippen molar-refractivity contribution in [1.82, 2.24) is 8.61 Å². The molecule has 0 aliphatic carbocycles. The fraction of sp³-hybridized carbons (Fsp3) is 1.00. The second-order valence-corrected chi connectivity index (χ2v) is 8.39. The summed E-state index contributed by atoms with van der Waals surface area (Å²) in [5.41, 5.74) is 0. The van der Waals surface area contributed by atoms with Crippen LogP contribution >= 0.6 is 0 Å². The number of piperidine rings is 2. The van der Waals surface area contributed by atoms with Gasteiger partial charge in [0, 0.05) is 26.2 Å². The van der Waals surface area contributed by atoms with Crippen molar-refractivity contribution in [2.75, 3.05) is 26.2 Å². The van der Waals surface area contributed by atoms with Crippen LogP contribution < -0.4 is 0 Å². The second-order valence-electron chi connectivity index (χ2n) is 6.46. The van der Waals surface area contributed by atoms with Gasteiger partial charge in [-0.1, -0.05) is 20.8 Å². The predicted octanol–water partition coefficient (Wildman–Crippen LogP) is 0.912. The smallest absolute Gasteiger partial charge is 0.282 e. The Labute approximate surface area is 116 Å². The van der Waals surface area contributed by atoms with Crippen LogP contribution in [-0.4, -0.2) is 54.4 Å². The van der Waals surface area contributed by atoms with Crippen molar-refractivity contribution < 1.29 is 13.5 Å². The summed E-state index contributed by atoms with van der Waals surface area (Å²) in [6.45, 7) is 8.16. The van der Waals surface area contributed by atoms with Gasteiger partial charge in [-0.15, -0.1) is 0 Å². The Morgan fingerprint density at radius 1 is 1.00 bits per heavy atom. The molecule has 0 aromatic carbocycles. The van der Waals surface area contributed by atoms with Gasteiger partial charge in [0.2, 0.25) is 0 Å². The van der Waals surface area contributed by atoms with Gasteiger partial charge in [0.05, 0.1) is 6.10 Å². The van der Waals surface area contributed by atoms with Crippen LogP contribution in [0.3, 0.4) is 0 Å². The number of β-amino-alcohol motifs (C(OH)–C–C–N with tert-alkyl or cyclic N) is 1. The molecular weight excluding hydrogens is 264 g/mol. The van der Waals surface area contributed by atoms with Gasteiger partial charge in [0.25, 0.3) is 10.2 Å². The van der Waals surface area contributed by atoms with E-state index >= 15 is 0 Å². The summed E-state index contributed by atoms with van der Waals surface area (Å²) in [6.07, 6.45) is 1.29. The van der Waals surface area contributed by atoms with Crippen LogP contribution in [-0.2, 0) is 10.2 Å². The summed E-state index contributed by atoms with van der Waals surface area (Å²) in [4.78, 5) is 0. The number of hydrogen-bond donors (Lipinski definition) is 1. The van der Waals surface area contributed by atoms with E-state index in [2.05, 4.69) is 13.8 Å². The van der Waals surface area contributed by atoms with Crippen LogP contribution in [0.1, 0.15) is 33.6 Å². The lowest BCUT2D eigenvalue weighted by molar-refractivity contribution is 0.0567. The predicted molar refractivity (Wildman–Crippen MR) is 74.8 cm³/mol. The Bertz CT molecular complexity index is 402. The molecule has 6 heteroatoms. The van der Waals surface area contributed by atoms with Crippen LogP contribution in [0.4, 0.5) is 0 Å². The molecule has 2 aliphatic rings. The van der Waals surface area contributed by atoms with E-state index in [9.17, 15) is 13.5 Å². The topological polar surface area (TPSA) is 60.9 Å². The first kappa shape index (κ1) is 15.2. The van der Waals surface area contributed by atoms with Crippen LogP contribution in [0, 0.1) is 17.8 Å². The molecular formula is C13H26N2O3S. The fourth-order valence-corrected chi connectivity index (χ4v) is 5.08. The Balaban J connectivity index is 2.09. The molecule has 0 radical (unpaired) electrons. The minimum absolute atomic E-state index is 0.186. The van der Waals surface area contributed by atoms with Crippen molar-refractivity contribution in [2.45, 2.75) is 39.7 Å². The van der Waals surface area contributed by atoms with E-state index in [1.807, 2.05) is 6.92 Å². The zero-order valence-corrected chi connectivity index (χ0v) is 12.9. The molecule has 112 valence electrons. The zero-order chi connectivity index (χ0) is 14.2. The van der Waals surface area contributed by atoms with Gasteiger partial charge in [-0.3, -0.25) is 0 Å². The molecule has 2 aliphatic heterocycles. The zero-order valence-electron chi connectivity index (χ0n) is 12.1. The van der Waals surface area contributed by atoms with E-state index in [0.717, 1.165) is 12.8 Å². The van der Waals surface area contributed by atoms with Gasteiger partial charge in [-0.05, 0) is 30.6 Å². The monoisotopic (exact) mass is 290 g/mol. The molecule has 2 rings (SSSR count). The molecule has 2 saturated heterocycles. The third-order valence-corrected chi connectivity index (χ3v) is 6.30. The normalized spacial score (nSPS) is 39.4. The highest BCUT2D eigenvalue weighted by molar-refractivity contribution is 7.86. The number of rotatable bonds is 2. The fourth-order valence-electron chi connectivity index (χ4n) is 3.19. The van der Waals surface area contributed by atoms with Crippen molar-refractivity contribution in [3.05, 3.63) is 0 Å². The first-order valence-electron chi connectivity index (χ1n) is 7.24. The Morgan fingerprint density at radius 2 is 1.58 bits per heavy atom. The van der Waals surface area contributed by atoms with Gasteiger partial charge in [0.15, 0.2) is 0 Å². The SMILES string of the molecule is CC1CC(C)CN(S(=O)(=O)N2CCC(C)C(O)C2)C1. The van der Waals surface area contributed by atoms with Crippen LogP contribution in [0.5, 0.6) is 0 Å². The van der Waals surface area contributed by atoms with E-state index in [1.165, 1.54) is 4.31 Å². The molecule has 1 N–H and O–H groups in total. The summed E-state index contributed by atoms with van der Waals surface area (Å²) in [5, 5.41) is 9.89. The van der Waals surface area contributed by atoms with Gasteiger partial charge in [-0.2, -0.15) is 17.0 Å². The van der Waals surface area contributed by atoms with Gasteiger partial charge < -0.3 is 5.11 Å². The quantitative estimate of drug-likeness (QED) is 0.822. The second kappa shape index (κ2) is 5.68. The number of nitrogens with zero attached hydrogens (tertiary/aromatic N) is 2. The molecule has 0 amide bonds. The average molecular weight is 290 g/mol. The Kier molecular flexibility index (Phi) is 4.55. The highest BCUT2D eigenvalue weighted by Gasteiger charge is 2.38. The average Bonchev–Trinajstić information content (AvgIpc) is 2.31. The summed E-state index contributed by atoms with van der Waals surface area (Å²) in [6, 6.07) is 0. The van der Waals surface area contributed by atoms with Crippen molar-refractivity contribution in [2.24, 2.45) is 17.8 Å². The van der Waals surface area contributed by atoms with E-state index in [0.29, 0.717) is 31.5 Å². The van der Waals surface area contributed by atoms with E-state index in [-0.39, 0.29) is 12.5 Å². The van der Waals surface area contributed by atoms with Crippen molar-refractivity contribution >= 4 is 10.2 Å². The number of hydrogen-bond acceptors (Lipinski definition) is 3. The Hall–Kier alpha value is -0.170. The molecule has 2 fully saturated rings. The highest BCUT2D eigenvalue weighted by atomic mass is 32.2. The standard InChI is InChI=1S/C13H26N2O3S/c1-10-6-11(2)8-15(7-10)19(17,18)14-5-4-12(3)13(16)9-14/h10-13,16H,4-9H2,1-3H3. The lowest BCUT2D eigenvalue weighted by Gasteiger charge is -2.40. The van der Waals surface area contributed by atoms with E-state index in [1.54, 1.807) is 4.31 Å². The lowest BCUT2D eigenvalue weighted by Crippen LogP contribution is -2.54. The third-order valence-electron chi connectivity index (χ3n) is 4.37. The summed E-state index contributed by atoms with van der Waals surface area (Å²) in [5.74, 6) is 1.00. The molecule has 0 saturated carbocycles. The van der Waals surface area contributed by atoms with Crippen LogP contribution in [0.15, 0.2) is 0 Å². The first-order valence-corrected chi connectivity index (χ1v) is 8.63. The van der Waals surface area contributed by atoms with Gasteiger partial charge in [0.1, 0.15) is 0 Å².